The molecule has 0 saturated carbocycles. The van der Waals surface area contributed by atoms with E-state index in [0.29, 0.717) is 50.6 Å². The van der Waals surface area contributed by atoms with Crippen molar-refractivity contribution in [2.24, 2.45) is 0 Å². The number of hydrogen-bond donors (Lipinski definition) is 0. The number of furan rings is 1. The first kappa shape index (κ1) is 14.9. The van der Waals surface area contributed by atoms with Gasteiger partial charge in [0.1, 0.15) is 5.69 Å². The van der Waals surface area contributed by atoms with Crippen LogP contribution in [0.3, 0.4) is 0 Å². The molecule has 1 amide bonds. The zero-order valence-electron chi connectivity index (χ0n) is 12.9. The van der Waals surface area contributed by atoms with Crippen molar-refractivity contribution in [3.05, 3.63) is 29.0 Å². The van der Waals surface area contributed by atoms with Crippen LogP contribution in [0.5, 0.6) is 0 Å². The molecule has 122 valence electrons. The number of rotatable bonds is 2. The van der Waals surface area contributed by atoms with E-state index in [9.17, 15) is 4.79 Å². The van der Waals surface area contributed by atoms with Gasteiger partial charge in [0.15, 0.2) is 16.6 Å². The lowest BCUT2D eigenvalue weighted by Gasteiger charge is -2.37. The molecule has 2 saturated heterocycles. The molecule has 0 bridgehead atoms. The number of nitrogens with zero attached hydrogens (tertiary/aromatic N) is 2. The fraction of sp³-hybridized carbons (Fsp3) is 0.500. The number of piperidine rings is 1. The Balaban J connectivity index is 1.49. The van der Waals surface area contributed by atoms with Gasteiger partial charge in [0.2, 0.25) is 0 Å². The van der Waals surface area contributed by atoms with E-state index in [1.807, 2.05) is 24.0 Å². The summed E-state index contributed by atoms with van der Waals surface area (Å²) in [5, 5.41) is 0.742. The number of aryl methyl sites for hydroxylation is 1. The summed E-state index contributed by atoms with van der Waals surface area (Å²) in [6.45, 7) is 4.47. The number of hydrogen-bond acceptors (Lipinski definition) is 6. The molecule has 2 aromatic heterocycles. The van der Waals surface area contributed by atoms with Crippen LogP contribution in [0.25, 0.3) is 10.8 Å². The Morgan fingerprint density at radius 2 is 2.04 bits per heavy atom. The predicted molar refractivity (Wildman–Crippen MR) is 84.3 cm³/mol. The lowest BCUT2D eigenvalue weighted by Crippen LogP contribution is -2.47. The average Bonchev–Trinajstić information content (AvgIpc) is 3.28. The van der Waals surface area contributed by atoms with Crippen molar-refractivity contribution in [3.8, 4) is 10.8 Å². The van der Waals surface area contributed by atoms with Gasteiger partial charge in [-0.05, 0) is 19.1 Å². The Bertz CT molecular complexity index is 694. The molecule has 0 N–H and O–H groups in total. The van der Waals surface area contributed by atoms with Crippen LogP contribution in [0.2, 0.25) is 0 Å². The minimum absolute atomic E-state index is 0.0237. The standard InChI is InChI=1S/C16H18N2O4S/c1-11-13(17-14(23-11)12-3-2-8-20-12)15(19)18-6-4-16(5-7-18)21-9-10-22-16/h2-3,8H,4-7,9-10H2,1H3. The maximum absolute atomic E-state index is 12.8. The normalized spacial score (nSPS) is 20.3. The fourth-order valence-electron chi connectivity index (χ4n) is 3.09. The molecule has 7 heteroatoms. The molecule has 4 heterocycles. The lowest BCUT2D eigenvalue weighted by molar-refractivity contribution is -0.181. The summed E-state index contributed by atoms with van der Waals surface area (Å²) in [7, 11) is 0. The van der Waals surface area contributed by atoms with Gasteiger partial charge in [0.25, 0.3) is 5.91 Å². The molecule has 2 aliphatic rings. The van der Waals surface area contributed by atoms with Gasteiger partial charge < -0.3 is 18.8 Å². The summed E-state index contributed by atoms with van der Waals surface area (Å²) in [6.07, 6.45) is 3.04. The van der Waals surface area contributed by atoms with Crippen LogP contribution < -0.4 is 0 Å². The molecular formula is C16H18N2O4S. The summed E-state index contributed by atoms with van der Waals surface area (Å²) in [5.74, 6) is 0.208. The van der Waals surface area contributed by atoms with E-state index in [2.05, 4.69) is 4.98 Å². The van der Waals surface area contributed by atoms with E-state index in [4.69, 9.17) is 13.9 Å². The van der Waals surface area contributed by atoms with Crippen molar-refractivity contribution >= 4 is 17.2 Å². The van der Waals surface area contributed by atoms with Crippen molar-refractivity contribution in [2.45, 2.75) is 25.6 Å². The first-order valence-electron chi connectivity index (χ1n) is 7.75. The highest BCUT2D eigenvalue weighted by molar-refractivity contribution is 7.15. The molecular weight excluding hydrogens is 316 g/mol. The second-order valence-electron chi connectivity index (χ2n) is 5.80. The third kappa shape index (κ3) is 2.69. The molecule has 2 aromatic rings. The van der Waals surface area contributed by atoms with E-state index in [1.54, 1.807) is 6.26 Å². The SMILES string of the molecule is Cc1sc(-c2ccco2)nc1C(=O)N1CCC2(CC1)OCCO2. The third-order valence-corrected chi connectivity index (χ3v) is 5.34. The van der Waals surface area contributed by atoms with Crippen LogP contribution >= 0.6 is 11.3 Å². The molecule has 0 aliphatic carbocycles. The zero-order valence-corrected chi connectivity index (χ0v) is 13.7. The van der Waals surface area contributed by atoms with Crippen LogP contribution in [0, 0.1) is 6.92 Å². The minimum atomic E-state index is -0.465. The third-order valence-electron chi connectivity index (χ3n) is 4.36. The van der Waals surface area contributed by atoms with Gasteiger partial charge >= 0.3 is 0 Å². The number of likely N-dealkylation sites (tertiary alicyclic amines) is 1. The average molecular weight is 334 g/mol. The Hall–Kier alpha value is -1.70. The predicted octanol–water partition coefficient (Wildman–Crippen LogP) is 2.69. The molecule has 2 aliphatic heterocycles. The first-order chi connectivity index (χ1) is 11.2. The van der Waals surface area contributed by atoms with E-state index in [0.717, 1.165) is 9.88 Å². The second-order valence-corrected chi connectivity index (χ2v) is 7.00. The van der Waals surface area contributed by atoms with Crippen LogP contribution in [-0.4, -0.2) is 47.9 Å². The van der Waals surface area contributed by atoms with E-state index in [1.165, 1.54) is 11.3 Å². The van der Waals surface area contributed by atoms with Gasteiger partial charge in [-0.3, -0.25) is 4.79 Å². The number of aromatic nitrogens is 1. The Morgan fingerprint density at radius 1 is 1.30 bits per heavy atom. The van der Waals surface area contributed by atoms with E-state index < -0.39 is 5.79 Å². The summed E-state index contributed by atoms with van der Waals surface area (Å²) in [4.78, 5) is 20.0. The number of ether oxygens (including phenoxy) is 2. The van der Waals surface area contributed by atoms with Gasteiger partial charge in [-0.25, -0.2) is 4.98 Å². The van der Waals surface area contributed by atoms with Crippen molar-refractivity contribution in [2.75, 3.05) is 26.3 Å². The summed E-state index contributed by atoms with van der Waals surface area (Å²) >= 11 is 1.48. The molecule has 23 heavy (non-hydrogen) atoms. The van der Waals surface area contributed by atoms with Crippen molar-refractivity contribution in [3.63, 3.8) is 0 Å². The maximum atomic E-state index is 12.8. The highest BCUT2D eigenvalue weighted by Gasteiger charge is 2.41. The molecule has 6 nitrogen and oxygen atoms in total. The Kier molecular flexibility index (Phi) is 3.71. The van der Waals surface area contributed by atoms with Gasteiger partial charge in [-0.2, -0.15) is 0 Å². The van der Waals surface area contributed by atoms with Crippen LogP contribution in [0.15, 0.2) is 22.8 Å². The number of amides is 1. The van der Waals surface area contributed by atoms with Crippen LogP contribution in [0.1, 0.15) is 28.2 Å². The topological polar surface area (TPSA) is 64.8 Å². The van der Waals surface area contributed by atoms with Gasteiger partial charge in [0, 0.05) is 30.8 Å². The molecule has 4 rings (SSSR count). The lowest BCUT2D eigenvalue weighted by atomic mass is 10.0. The van der Waals surface area contributed by atoms with Crippen molar-refractivity contribution in [1.82, 2.24) is 9.88 Å². The molecule has 0 unspecified atom stereocenters. The molecule has 0 aromatic carbocycles. The van der Waals surface area contributed by atoms with Crippen molar-refractivity contribution in [1.29, 1.82) is 0 Å². The Labute approximate surface area is 138 Å². The smallest absolute Gasteiger partial charge is 0.273 e. The largest absolute Gasteiger partial charge is 0.462 e. The highest BCUT2D eigenvalue weighted by atomic mass is 32.1. The fourth-order valence-corrected chi connectivity index (χ4v) is 3.96. The van der Waals surface area contributed by atoms with E-state index in [-0.39, 0.29) is 5.91 Å². The molecule has 0 radical (unpaired) electrons. The van der Waals surface area contributed by atoms with Crippen molar-refractivity contribution < 1.29 is 18.7 Å². The Morgan fingerprint density at radius 3 is 2.70 bits per heavy atom. The highest BCUT2D eigenvalue weighted by Crippen LogP contribution is 2.33. The van der Waals surface area contributed by atoms with Gasteiger partial charge in [0.05, 0.1) is 19.5 Å². The second kappa shape index (κ2) is 5.74. The summed E-state index contributed by atoms with van der Waals surface area (Å²) < 4.78 is 16.8. The molecule has 2 fully saturated rings. The van der Waals surface area contributed by atoms with Gasteiger partial charge in [-0.15, -0.1) is 11.3 Å². The number of thiazole rings is 1. The maximum Gasteiger partial charge on any atom is 0.273 e. The van der Waals surface area contributed by atoms with Crippen LogP contribution in [0.4, 0.5) is 0 Å². The quantitative estimate of drug-likeness (QED) is 0.845. The summed E-state index contributed by atoms with van der Waals surface area (Å²) in [5.41, 5.74) is 0.519. The zero-order chi connectivity index (χ0) is 15.9. The number of carbonyl (C=O) groups excluding carboxylic acids is 1. The first-order valence-corrected chi connectivity index (χ1v) is 8.57. The van der Waals surface area contributed by atoms with Crippen LogP contribution in [-0.2, 0) is 9.47 Å². The molecule has 0 atom stereocenters. The van der Waals surface area contributed by atoms with Gasteiger partial charge in [-0.1, -0.05) is 0 Å². The monoisotopic (exact) mass is 334 g/mol. The molecule has 1 spiro atoms. The summed E-state index contributed by atoms with van der Waals surface area (Å²) in [6, 6.07) is 3.67. The number of carbonyl (C=O) groups is 1. The minimum Gasteiger partial charge on any atom is -0.462 e. The van der Waals surface area contributed by atoms with E-state index >= 15 is 0 Å².